The van der Waals surface area contributed by atoms with E-state index in [4.69, 9.17) is 4.74 Å². The summed E-state index contributed by atoms with van der Waals surface area (Å²) in [5.41, 5.74) is -0.644. The number of carbonyl (C=O) groups is 1. The van der Waals surface area contributed by atoms with Gasteiger partial charge in [-0.15, -0.1) is 0 Å². The minimum absolute atomic E-state index is 0.0507. The van der Waals surface area contributed by atoms with Crippen LogP contribution in [0.15, 0.2) is 0 Å². The van der Waals surface area contributed by atoms with Crippen LogP contribution in [0.4, 0.5) is 0 Å². The highest BCUT2D eigenvalue weighted by Crippen LogP contribution is 2.73. The van der Waals surface area contributed by atoms with Gasteiger partial charge in [0.25, 0.3) is 0 Å². The normalized spacial score (nSPS) is 37.3. The molecular weight excluding hydrogens is 192 g/mol. The minimum atomic E-state index is -0.614. The first-order valence-electron chi connectivity index (χ1n) is 5.67. The molecule has 1 atom stereocenters. The van der Waals surface area contributed by atoms with Crippen molar-refractivity contribution in [3.8, 4) is 0 Å². The summed E-state index contributed by atoms with van der Waals surface area (Å²) >= 11 is 0. The van der Waals surface area contributed by atoms with Crippen LogP contribution >= 0.6 is 0 Å². The van der Waals surface area contributed by atoms with Crippen LogP contribution in [0.2, 0.25) is 0 Å². The van der Waals surface area contributed by atoms with Gasteiger partial charge >= 0.3 is 5.97 Å². The lowest BCUT2D eigenvalue weighted by molar-refractivity contribution is -0.155. The molecule has 1 heterocycles. The first kappa shape index (κ1) is 10.9. The molecule has 0 aromatic carbocycles. The maximum absolute atomic E-state index is 11.6. The predicted molar refractivity (Wildman–Crippen MR) is 56.6 cm³/mol. The zero-order chi connectivity index (χ0) is 11.3. The lowest BCUT2D eigenvalue weighted by Crippen LogP contribution is -2.42. The number of carboxylic acid groups (broad SMARTS) is 1. The zero-order valence-corrected chi connectivity index (χ0v) is 9.80. The molecule has 0 spiro atoms. The number of hydrogen-bond donors (Lipinski definition) is 1. The minimum Gasteiger partial charge on any atom is -0.481 e. The zero-order valence-electron chi connectivity index (χ0n) is 9.80. The van der Waals surface area contributed by atoms with Crippen molar-refractivity contribution in [2.75, 3.05) is 13.2 Å². The van der Waals surface area contributed by atoms with Crippen LogP contribution in [-0.4, -0.2) is 24.3 Å². The van der Waals surface area contributed by atoms with Gasteiger partial charge in [0.1, 0.15) is 0 Å². The Morgan fingerprint density at radius 2 is 1.67 bits per heavy atom. The second kappa shape index (κ2) is 2.97. The topological polar surface area (TPSA) is 46.5 Å². The molecule has 0 aromatic heterocycles. The van der Waals surface area contributed by atoms with E-state index >= 15 is 0 Å². The summed E-state index contributed by atoms with van der Waals surface area (Å²) < 4.78 is 5.34. The average Bonchev–Trinajstić information content (AvgIpc) is 2.73. The standard InChI is InChI=1S/C12H20O3/c1-10(2)8-12(10,9(13)14)11(3)4-6-15-7-5-11/h4-8H2,1-3H3,(H,13,14). The van der Waals surface area contributed by atoms with Crippen LogP contribution in [-0.2, 0) is 9.53 Å². The quantitative estimate of drug-likeness (QED) is 0.764. The number of rotatable bonds is 2. The summed E-state index contributed by atoms with van der Waals surface area (Å²) in [7, 11) is 0. The molecule has 1 aliphatic carbocycles. The van der Waals surface area contributed by atoms with Crippen molar-refractivity contribution in [1.82, 2.24) is 0 Å². The maximum atomic E-state index is 11.6. The summed E-state index contributed by atoms with van der Waals surface area (Å²) in [5, 5.41) is 9.52. The second-order valence-corrected chi connectivity index (χ2v) is 5.94. The lowest BCUT2D eigenvalue weighted by atomic mass is 9.65. The predicted octanol–water partition coefficient (Wildman–Crippen LogP) is 2.30. The molecular formula is C12H20O3. The van der Waals surface area contributed by atoms with Crippen molar-refractivity contribution in [3.63, 3.8) is 0 Å². The summed E-state index contributed by atoms with van der Waals surface area (Å²) in [6, 6.07) is 0. The molecule has 0 aromatic rings. The molecule has 3 nitrogen and oxygen atoms in total. The molecule has 86 valence electrons. The Morgan fingerprint density at radius 1 is 1.20 bits per heavy atom. The van der Waals surface area contributed by atoms with E-state index in [2.05, 4.69) is 20.8 Å². The van der Waals surface area contributed by atoms with Gasteiger partial charge in [-0.05, 0) is 30.1 Å². The highest BCUT2D eigenvalue weighted by molar-refractivity contribution is 5.81. The number of aliphatic carboxylic acids is 1. The molecule has 1 saturated carbocycles. The Hall–Kier alpha value is -0.570. The summed E-state index contributed by atoms with van der Waals surface area (Å²) in [6.07, 6.45) is 2.57. The van der Waals surface area contributed by atoms with E-state index in [1.165, 1.54) is 0 Å². The van der Waals surface area contributed by atoms with E-state index < -0.39 is 11.4 Å². The van der Waals surface area contributed by atoms with E-state index in [0.717, 1.165) is 19.3 Å². The lowest BCUT2D eigenvalue weighted by Gasteiger charge is -2.41. The Balaban J connectivity index is 2.31. The van der Waals surface area contributed by atoms with Crippen LogP contribution < -0.4 is 0 Å². The van der Waals surface area contributed by atoms with E-state index in [0.29, 0.717) is 13.2 Å². The summed E-state index contributed by atoms with van der Waals surface area (Å²) in [6.45, 7) is 7.69. The molecule has 2 aliphatic rings. The van der Waals surface area contributed by atoms with Gasteiger partial charge in [-0.3, -0.25) is 4.79 Å². The van der Waals surface area contributed by atoms with E-state index in [1.54, 1.807) is 0 Å². The Kier molecular flexibility index (Phi) is 2.16. The number of hydrogen-bond acceptors (Lipinski definition) is 2. The molecule has 2 rings (SSSR count). The van der Waals surface area contributed by atoms with Crippen molar-refractivity contribution in [3.05, 3.63) is 0 Å². The Bertz CT molecular complexity index is 289. The van der Waals surface area contributed by atoms with E-state index in [9.17, 15) is 9.90 Å². The number of carboxylic acids is 1. The third kappa shape index (κ3) is 1.25. The first-order valence-corrected chi connectivity index (χ1v) is 5.67. The average molecular weight is 212 g/mol. The van der Waals surface area contributed by atoms with E-state index in [1.807, 2.05) is 0 Å². The van der Waals surface area contributed by atoms with Crippen LogP contribution in [0, 0.1) is 16.2 Å². The molecule has 0 radical (unpaired) electrons. The van der Waals surface area contributed by atoms with Crippen LogP contribution in [0.5, 0.6) is 0 Å². The van der Waals surface area contributed by atoms with Gasteiger partial charge in [-0.25, -0.2) is 0 Å². The van der Waals surface area contributed by atoms with Crippen molar-refractivity contribution >= 4 is 5.97 Å². The molecule has 0 bridgehead atoms. The fourth-order valence-corrected chi connectivity index (χ4v) is 3.52. The maximum Gasteiger partial charge on any atom is 0.310 e. The van der Waals surface area contributed by atoms with Gasteiger partial charge in [-0.2, -0.15) is 0 Å². The molecule has 2 fully saturated rings. The van der Waals surface area contributed by atoms with Gasteiger partial charge < -0.3 is 9.84 Å². The molecule has 1 aliphatic heterocycles. The highest BCUT2D eigenvalue weighted by Gasteiger charge is 2.74. The van der Waals surface area contributed by atoms with Crippen LogP contribution in [0.1, 0.15) is 40.0 Å². The molecule has 1 N–H and O–H groups in total. The second-order valence-electron chi connectivity index (χ2n) is 5.94. The van der Waals surface area contributed by atoms with Crippen LogP contribution in [0.3, 0.4) is 0 Å². The smallest absolute Gasteiger partial charge is 0.310 e. The van der Waals surface area contributed by atoms with Gasteiger partial charge in [0.05, 0.1) is 5.41 Å². The Labute approximate surface area is 90.8 Å². The monoisotopic (exact) mass is 212 g/mol. The van der Waals surface area contributed by atoms with Crippen molar-refractivity contribution < 1.29 is 14.6 Å². The van der Waals surface area contributed by atoms with Crippen molar-refractivity contribution in [2.24, 2.45) is 16.2 Å². The summed E-state index contributed by atoms with van der Waals surface area (Å²) in [5.74, 6) is -0.614. The molecule has 3 heteroatoms. The van der Waals surface area contributed by atoms with E-state index in [-0.39, 0.29) is 10.8 Å². The fourth-order valence-electron chi connectivity index (χ4n) is 3.52. The van der Waals surface area contributed by atoms with Crippen molar-refractivity contribution in [1.29, 1.82) is 0 Å². The molecule has 1 unspecified atom stereocenters. The molecule has 0 amide bonds. The number of ether oxygens (including phenoxy) is 1. The van der Waals surface area contributed by atoms with Gasteiger partial charge in [-0.1, -0.05) is 20.8 Å². The van der Waals surface area contributed by atoms with Gasteiger partial charge in [0, 0.05) is 13.2 Å². The SMILES string of the molecule is CC1(C)CC1(C(=O)O)C1(C)CCOCC1. The van der Waals surface area contributed by atoms with Crippen LogP contribution in [0.25, 0.3) is 0 Å². The first-order chi connectivity index (χ1) is 6.86. The third-order valence-corrected chi connectivity index (χ3v) is 4.73. The van der Waals surface area contributed by atoms with Gasteiger partial charge in [0.15, 0.2) is 0 Å². The van der Waals surface area contributed by atoms with Gasteiger partial charge in [0.2, 0.25) is 0 Å². The molecule has 15 heavy (non-hydrogen) atoms. The fraction of sp³-hybridized carbons (Fsp3) is 0.917. The largest absolute Gasteiger partial charge is 0.481 e. The summed E-state index contributed by atoms with van der Waals surface area (Å²) in [4.78, 5) is 11.6. The third-order valence-electron chi connectivity index (χ3n) is 4.73. The highest BCUT2D eigenvalue weighted by atomic mass is 16.5. The Morgan fingerprint density at radius 3 is 2.00 bits per heavy atom. The molecule has 1 saturated heterocycles. The van der Waals surface area contributed by atoms with Crippen molar-refractivity contribution in [2.45, 2.75) is 40.0 Å².